The minimum atomic E-state index is -0.685. The quantitative estimate of drug-likeness (QED) is 0.800. The number of benzene rings is 1. The topological polar surface area (TPSA) is 88.9 Å². The van der Waals surface area contributed by atoms with Crippen LogP contribution in [-0.4, -0.2) is 42.4 Å². The van der Waals surface area contributed by atoms with E-state index in [9.17, 15) is 14.4 Å². The maximum atomic E-state index is 12.3. The highest BCUT2D eigenvalue weighted by Crippen LogP contribution is 2.13. The first-order chi connectivity index (χ1) is 12.6. The first-order valence-electron chi connectivity index (χ1n) is 8.49. The third-order valence-corrected chi connectivity index (χ3v) is 4.14. The van der Waals surface area contributed by atoms with Gasteiger partial charge in [0, 0.05) is 25.2 Å². The number of nitrogens with one attached hydrogen (secondary N) is 1. The molecular formula is C19H20N2O5. The summed E-state index contributed by atoms with van der Waals surface area (Å²) in [5.74, 6) is -1.00. The summed E-state index contributed by atoms with van der Waals surface area (Å²) in [6.07, 6.45) is 3.47. The molecule has 1 aliphatic rings. The number of nitrogens with zero attached hydrogens (tertiary/aromatic N) is 1. The molecule has 1 fully saturated rings. The zero-order valence-electron chi connectivity index (χ0n) is 14.3. The molecular weight excluding hydrogens is 336 g/mol. The molecule has 7 nitrogen and oxygen atoms in total. The monoisotopic (exact) mass is 356 g/mol. The predicted molar refractivity (Wildman–Crippen MR) is 92.4 cm³/mol. The van der Waals surface area contributed by atoms with Crippen LogP contribution in [0.15, 0.2) is 47.1 Å². The highest BCUT2D eigenvalue weighted by molar-refractivity contribution is 5.94. The first-order valence-corrected chi connectivity index (χ1v) is 8.49. The van der Waals surface area contributed by atoms with Crippen LogP contribution >= 0.6 is 0 Å². The van der Waals surface area contributed by atoms with Gasteiger partial charge in [0.25, 0.3) is 11.8 Å². The number of esters is 1. The van der Waals surface area contributed by atoms with E-state index in [0.29, 0.717) is 5.56 Å². The van der Waals surface area contributed by atoms with Crippen molar-refractivity contribution >= 4 is 17.8 Å². The fraction of sp³-hybridized carbons (Fsp3) is 0.316. The SMILES string of the molecule is O=C(COC(=O)c1ccco1)NCc1ccc(C(=O)N2CCCC2)cc1. The van der Waals surface area contributed by atoms with E-state index >= 15 is 0 Å². The molecule has 3 rings (SSSR count). The van der Waals surface area contributed by atoms with Crippen LogP contribution in [0.3, 0.4) is 0 Å². The summed E-state index contributed by atoms with van der Waals surface area (Å²) in [6, 6.07) is 10.2. The van der Waals surface area contributed by atoms with E-state index in [4.69, 9.17) is 9.15 Å². The molecule has 0 bridgehead atoms. The van der Waals surface area contributed by atoms with Crippen LogP contribution in [0.5, 0.6) is 0 Å². The summed E-state index contributed by atoms with van der Waals surface area (Å²) < 4.78 is 9.74. The van der Waals surface area contributed by atoms with Gasteiger partial charge in [-0.25, -0.2) is 4.79 Å². The molecule has 1 saturated heterocycles. The molecule has 1 aliphatic heterocycles. The summed E-state index contributed by atoms with van der Waals surface area (Å²) in [6.45, 7) is 1.53. The molecule has 0 aliphatic carbocycles. The third kappa shape index (κ3) is 4.50. The van der Waals surface area contributed by atoms with Gasteiger partial charge < -0.3 is 19.4 Å². The Morgan fingerprint density at radius 1 is 1.08 bits per heavy atom. The van der Waals surface area contributed by atoms with Gasteiger partial charge in [0.2, 0.25) is 5.76 Å². The molecule has 0 spiro atoms. The standard InChI is InChI=1S/C19H20N2O5/c22-17(13-26-19(24)16-4-3-11-25-16)20-12-14-5-7-15(8-6-14)18(23)21-9-1-2-10-21/h3-8,11H,1-2,9-10,12-13H2,(H,20,22). The number of carbonyl (C=O) groups is 3. The van der Waals surface area contributed by atoms with Gasteiger partial charge in [0.15, 0.2) is 6.61 Å². The minimum absolute atomic E-state index is 0.0444. The van der Waals surface area contributed by atoms with Crippen molar-refractivity contribution in [2.24, 2.45) is 0 Å². The Morgan fingerprint density at radius 2 is 1.81 bits per heavy atom. The van der Waals surface area contributed by atoms with Crippen LogP contribution < -0.4 is 5.32 Å². The van der Waals surface area contributed by atoms with E-state index in [0.717, 1.165) is 31.5 Å². The lowest BCUT2D eigenvalue weighted by Crippen LogP contribution is -2.28. The molecule has 0 radical (unpaired) electrons. The Bertz CT molecular complexity index is 762. The number of hydrogen-bond donors (Lipinski definition) is 1. The molecule has 0 saturated carbocycles. The molecule has 136 valence electrons. The van der Waals surface area contributed by atoms with E-state index in [1.165, 1.54) is 12.3 Å². The Morgan fingerprint density at radius 3 is 2.46 bits per heavy atom. The number of ether oxygens (including phenoxy) is 1. The molecule has 0 atom stereocenters. The van der Waals surface area contributed by atoms with Gasteiger partial charge in [0.1, 0.15) is 0 Å². The molecule has 7 heteroatoms. The molecule has 0 unspecified atom stereocenters. The third-order valence-electron chi connectivity index (χ3n) is 4.14. The Balaban J connectivity index is 1.43. The zero-order valence-corrected chi connectivity index (χ0v) is 14.3. The van der Waals surface area contributed by atoms with Crippen LogP contribution in [0.25, 0.3) is 0 Å². The summed E-state index contributed by atoms with van der Waals surface area (Å²) in [7, 11) is 0. The van der Waals surface area contributed by atoms with E-state index in [-0.39, 0.29) is 24.8 Å². The largest absolute Gasteiger partial charge is 0.457 e. The van der Waals surface area contributed by atoms with Crippen LogP contribution in [0.4, 0.5) is 0 Å². The number of furan rings is 1. The lowest BCUT2D eigenvalue weighted by atomic mass is 10.1. The maximum absolute atomic E-state index is 12.3. The average molecular weight is 356 g/mol. The lowest BCUT2D eigenvalue weighted by Gasteiger charge is -2.15. The van der Waals surface area contributed by atoms with Crippen LogP contribution in [0.1, 0.15) is 39.3 Å². The molecule has 1 aromatic carbocycles. The fourth-order valence-corrected chi connectivity index (χ4v) is 2.72. The van der Waals surface area contributed by atoms with Gasteiger partial charge in [-0.05, 0) is 42.7 Å². The van der Waals surface area contributed by atoms with Crippen molar-refractivity contribution in [3.05, 3.63) is 59.5 Å². The lowest BCUT2D eigenvalue weighted by molar-refractivity contribution is -0.124. The van der Waals surface area contributed by atoms with Gasteiger partial charge in [0.05, 0.1) is 6.26 Å². The van der Waals surface area contributed by atoms with Gasteiger partial charge >= 0.3 is 5.97 Å². The smallest absolute Gasteiger partial charge is 0.374 e. The minimum Gasteiger partial charge on any atom is -0.457 e. The van der Waals surface area contributed by atoms with Crippen LogP contribution in [0.2, 0.25) is 0 Å². The summed E-state index contributed by atoms with van der Waals surface area (Å²) in [5, 5.41) is 2.66. The Hall–Kier alpha value is -3.09. The number of likely N-dealkylation sites (tertiary alicyclic amines) is 1. The molecule has 1 aromatic heterocycles. The second-order valence-corrected chi connectivity index (χ2v) is 6.03. The van der Waals surface area contributed by atoms with Gasteiger partial charge in [-0.1, -0.05) is 12.1 Å². The molecule has 2 heterocycles. The van der Waals surface area contributed by atoms with Gasteiger partial charge in [-0.15, -0.1) is 0 Å². The second kappa shape index (κ2) is 8.33. The second-order valence-electron chi connectivity index (χ2n) is 6.03. The van der Waals surface area contributed by atoms with E-state index < -0.39 is 11.9 Å². The molecule has 1 N–H and O–H groups in total. The number of carbonyl (C=O) groups excluding carboxylic acids is 3. The van der Waals surface area contributed by atoms with E-state index in [1.54, 1.807) is 30.3 Å². The van der Waals surface area contributed by atoms with Crippen molar-refractivity contribution in [2.45, 2.75) is 19.4 Å². The summed E-state index contributed by atoms with van der Waals surface area (Å²) in [4.78, 5) is 37.4. The molecule has 26 heavy (non-hydrogen) atoms. The van der Waals surface area contributed by atoms with Crippen molar-refractivity contribution in [3.63, 3.8) is 0 Å². The van der Waals surface area contributed by atoms with Crippen molar-refractivity contribution in [1.29, 1.82) is 0 Å². The zero-order chi connectivity index (χ0) is 18.4. The van der Waals surface area contributed by atoms with Crippen molar-refractivity contribution < 1.29 is 23.5 Å². The van der Waals surface area contributed by atoms with Crippen molar-refractivity contribution in [1.82, 2.24) is 10.2 Å². The highest BCUT2D eigenvalue weighted by Gasteiger charge is 2.19. The number of rotatable bonds is 6. The van der Waals surface area contributed by atoms with E-state index in [2.05, 4.69) is 5.32 Å². The number of hydrogen-bond acceptors (Lipinski definition) is 5. The van der Waals surface area contributed by atoms with Crippen LogP contribution in [-0.2, 0) is 16.1 Å². The Kier molecular flexibility index (Phi) is 5.68. The van der Waals surface area contributed by atoms with Gasteiger partial charge in [-0.3, -0.25) is 9.59 Å². The first kappa shape index (κ1) is 17.7. The molecule has 2 amide bonds. The molecule has 2 aromatic rings. The summed E-state index contributed by atoms with van der Waals surface area (Å²) in [5.41, 5.74) is 1.50. The summed E-state index contributed by atoms with van der Waals surface area (Å²) >= 11 is 0. The van der Waals surface area contributed by atoms with Crippen LogP contribution in [0, 0.1) is 0 Å². The van der Waals surface area contributed by atoms with E-state index in [1.807, 2.05) is 4.90 Å². The normalized spacial score (nSPS) is 13.5. The number of amides is 2. The Labute approximate surface area is 150 Å². The maximum Gasteiger partial charge on any atom is 0.374 e. The van der Waals surface area contributed by atoms with Gasteiger partial charge in [-0.2, -0.15) is 0 Å². The average Bonchev–Trinajstić information content (AvgIpc) is 3.38. The predicted octanol–water partition coefficient (Wildman–Crippen LogP) is 1.99. The van der Waals surface area contributed by atoms with Crippen molar-refractivity contribution in [2.75, 3.05) is 19.7 Å². The fourth-order valence-electron chi connectivity index (χ4n) is 2.72. The van der Waals surface area contributed by atoms with Crippen molar-refractivity contribution in [3.8, 4) is 0 Å². The highest BCUT2D eigenvalue weighted by atomic mass is 16.5.